The van der Waals surface area contributed by atoms with Crippen molar-refractivity contribution in [2.45, 2.75) is 107 Å². The van der Waals surface area contributed by atoms with Gasteiger partial charge < -0.3 is 71.4 Å². The van der Waals surface area contributed by atoms with Crippen LogP contribution < -0.4 is 0 Å². The molecule has 3 aliphatic rings. The van der Waals surface area contributed by atoms with Crippen molar-refractivity contribution in [3.63, 3.8) is 0 Å². The summed E-state index contributed by atoms with van der Waals surface area (Å²) >= 11 is 0. The molecule has 7 aromatic carbocycles. The highest BCUT2D eigenvalue weighted by atomic mass is 16.8. The molecule has 3 fully saturated rings. The highest BCUT2D eigenvalue weighted by Crippen LogP contribution is 2.38. The third-order valence-corrected chi connectivity index (χ3v) is 15.5. The van der Waals surface area contributed by atoms with Crippen LogP contribution in [0.3, 0.4) is 0 Å². The molecule has 0 radical (unpaired) electrons. The Morgan fingerprint density at radius 2 is 0.594 bits per heavy atom. The van der Waals surface area contributed by atoms with E-state index in [0.29, 0.717) is 0 Å². The van der Waals surface area contributed by atoms with Crippen LogP contribution in [0.25, 0.3) is 0 Å². The summed E-state index contributed by atoms with van der Waals surface area (Å²) in [5.74, 6) is -9.69. The summed E-state index contributed by atoms with van der Waals surface area (Å²) in [6, 6.07) is 54.2. The molecule has 7 aromatic rings. The highest BCUT2D eigenvalue weighted by molar-refractivity contribution is 5.93. The Labute approximate surface area is 550 Å². The third kappa shape index (κ3) is 17.5. The Morgan fingerprint density at radius 3 is 0.958 bits per heavy atom. The van der Waals surface area contributed by atoms with Gasteiger partial charge in [0.1, 0.15) is 43.7 Å². The Hall–Kier alpha value is -10.5. The van der Waals surface area contributed by atoms with Crippen LogP contribution in [0.1, 0.15) is 93.3 Å². The summed E-state index contributed by atoms with van der Waals surface area (Å²) in [5.41, 5.74) is 0.386. The molecule has 0 aliphatic carbocycles. The molecule has 0 bridgehead atoms. The lowest BCUT2D eigenvalue weighted by Crippen LogP contribution is -2.67. The van der Waals surface area contributed by atoms with Gasteiger partial charge in [0.2, 0.25) is 0 Å². The first kappa shape index (κ1) is 68.4. The van der Waals surface area contributed by atoms with E-state index >= 15 is 0 Å². The van der Waals surface area contributed by atoms with Crippen LogP contribution in [-0.4, -0.2) is 165 Å². The second-order valence-electron chi connectivity index (χ2n) is 22.2. The van der Waals surface area contributed by atoms with Crippen molar-refractivity contribution in [1.82, 2.24) is 0 Å². The summed E-state index contributed by atoms with van der Waals surface area (Å²) in [7, 11) is 0. The lowest BCUT2D eigenvalue weighted by atomic mass is 9.91. The molecule has 3 aliphatic heterocycles. The fourth-order valence-electron chi connectivity index (χ4n) is 10.8. The molecule has 96 heavy (non-hydrogen) atoms. The van der Waals surface area contributed by atoms with Gasteiger partial charge in [0, 0.05) is 19.8 Å². The number of esters is 9. The van der Waals surface area contributed by atoms with Gasteiger partial charge in [-0.25, -0.2) is 33.6 Å². The maximum atomic E-state index is 14.5. The monoisotopic (exact) mass is 1310 g/mol. The molecule has 10 rings (SSSR count). The van der Waals surface area contributed by atoms with Crippen LogP contribution in [0.4, 0.5) is 0 Å². The molecule has 14 unspecified atom stereocenters. The average Bonchev–Trinajstić information content (AvgIpc) is 0.767. The van der Waals surface area contributed by atoms with Gasteiger partial charge in [-0.1, -0.05) is 134 Å². The predicted octanol–water partition coefficient (Wildman–Crippen LogP) is 7.90. The van der Waals surface area contributed by atoms with E-state index in [1.807, 2.05) is 0 Å². The number of rotatable bonds is 23. The van der Waals surface area contributed by atoms with E-state index in [1.54, 1.807) is 122 Å². The fourth-order valence-corrected chi connectivity index (χ4v) is 10.8. The highest BCUT2D eigenvalue weighted by Gasteiger charge is 2.59. The maximum Gasteiger partial charge on any atom is 0.338 e. The first-order valence-electron chi connectivity index (χ1n) is 30.5. The molecule has 24 nitrogen and oxygen atoms in total. The zero-order valence-corrected chi connectivity index (χ0v) is 51.8. The van der Waals surface area contributed by atoms with Crippen molar-refractivity contribution in [3.8, 4) is 0 Å². The normalized spacial score (nSPS) is 25.2. The van der Waals surface area contributed by atoms with E-state index in [0.717, 1.165) is 13.8 Å². The molecule has 0 aromatic heterocycles. The summed E-state index contributed by atoms with van der Waals surface area (Å²) in [4.78, 5) is 125. The van der Waals surface area contributed by atoms with Crippen molar-refractivity contribution in [1.29, 1.82) is 0 Å². The van der Waals surface area contributed by atoms with Crippen LogP contribution in [0, 0.1) is 5.92 Å². The quantitative estimate of drug-likeness (QED) is 0.0470. The number of hydrogen-bond acceptors (Lipinski definition) is 24. The molecule has 15 atom stereocenters. The van der Waals surface area contributed by atoms with E-state index in [9.17, 15) is 48.3 Å². The Morgan fingerprint density at radius 1 is 0.312 bits per heavy atom. The van der Waals surface area contributed by atoms with Gasteiger partial charge in [-0.05, 0) is 84.9 Å². The van der Waals surface area contributed by atoms with Crippen LogP contribution in [0.5, 0.6) is 0 Å². The first-order chi connectivity index (χ1) is 46.5. The number of carbonyl (C=O) groups is 9. The van der Waals surface area contributed by atoms with Gasteiger partial charge in [-0.3, -0.25) is 9.59 Å². The fraction of sp³-hybridized carbons (Fsp3) is 0.292. The largest absolute Gasteiger partial charge is 0.459 e. The van der Waals surface area contributed by atoms with Gasteiger partial charge >= 0.3 is 53.7 Å². The Balaban J connectivity index is 1.03. The average molecular weight is 1320 g/mol. The first-order valence-corrected chi connectivity index (χ1v) is 30.5. The van der Waals surface area contributed by atoms with Gasteiger partial charge in [0.15, 0.2) is 55.5 Å². The van der Waals surface area contributed by atoms with Gasteiger partial charge in [0.05, 0.1) is 45.6 Å². The molecule has 0 saturated carbocycles. The van der Waals surface area contributed by atoms with Crippen LogP contribution in [0.15, 0.2) is 212 Å². The van der Waals surface area contributed by atoms with Crippen LogP contribution in [0.2, 0.25) is 0 Å². The number of carbonyl (C=O) groups excluding carboxylic acids is 9. The summed E-state index contributed by atoms with van der Waals surface area (Å²) in [5, 5.41) is 12.1. The van der Waals surface area contributed by atoms with Gasteiger partial charge in [-0.15, -0.1) is 0 Å². The lowest BCUT2D eigenvalue weighted by molar-refractivity contribution is -0.359. The van der Waals surface area contributed by atoms with E-state index in [4.69, 9.17) is 66.3 Å². The summed E-state index contributed by atoms with van der Waals surface area (Å²) in [6.45, 7) is 1.37. The Bertz CT molecular complexity index is 3770. The van der Waals surface area contributed by atoms with Crippen molar-refractivity contribution in [3.05, 3.63) is 251 Å². The standard InChI is InChI=1S/C72H66O24/c1-42-55(91-65(77)47-29-15-6-16-30-47)56(92-66(78)48-31-17-7-18-32-48)53(39-83-63(75)45-25-11-4-12-26-45)89-71(42)85-41-52-57(86-43(2)73)59(61(70(82)88-52)87-44(3)74)96-72-62(95-69(81)51-37-23-10-24-38-51)60(94-68(80)50-35-21-9-22-36-50)58(93-67(79)49-33-19-8-20-34-49)54(90-72)40-84-64(76)46-27-13-5-14-28-46/h4-38,42,52-62,70-72,82H,39-41H2,1-3H3/t42?,52?,53?,54?,55?,56?,57-,58?,59?,60?,61?,62?,70?,71?,72?/m0/s1. The third-order valence-electron chi connectivity index (χ3n) is 15.5. The molecular formula is C72H66O24. The van der Waals surface area contributed by atoms with Crippen molar-refractivity contribution in [2.75, 3.05) is 19.8 Å². The second-order valence-corrected chi connectivity index (χ2v) is 22.2. The molecule has 0 amide bonds. The van der Waals surface area contributed by atoms with Crippen molar-refractivity contribution < 1.29 is 115 Å². The van der Waals surface area contributed by atoms with Crippen LogP contribution >= 0.6 is 0 Å². The van der Waals surface area contributed by atoms with Crippen LogP contribution in [-0.2, 0) is 75.9 Å². The SMILES string of the molecule is CC(=O)OC1C(O)OC(COC2OC(COC(=O)c3ccccc3)C(OC(=O)c3ccccc3)C(OC(=O)c3ccccc3)C2C)[C@H](OC(C)=O)C1OC1OC(COC(=O)c2ccccc2)C(OC(=O)c2ccccc2)C(OC(=O)c2ccccc2)C1OC(=O)c1ccccc1. The molecule has 3 heterocycles. The second kappa shape index (κ2) is 32.6. The minimum atomic E-state index is -2.21. The summed E-state index contributed by atoms with van der Waals surface area (Å²) in [6.07, 6.45) is -25.5. The molecular weight excluding hydrogens is 1250 g/mol. The van der Waals surface area contributed by atoms with Gasteiger partial charge in [0.25, 0.3) is 0 Å². The molecule has 498 valence electrons. The minimum absolute atomic E-state index is 0.00448. The number of ether oxygens (including phenoxy) is 14. The van der Waals surface area contributed by atoms with Crippen molar-refractivity contribution >= 4 is 53.7 Å². The number of benzene rings is 7. The molecule has 1 N–H and O–H groups in total. The Kier molecular flexibility index (Phi) is 23.2. The van der Waals surface area contributed by atoms with Gasteiger partial charge in [-0.2, -0.15) is 0 Å². The zero-order valence-electron chi connectivity index (χ0n) is 51.8. The summed E-state index contributed by atoms with van der Waals surface area (Å²) < 4.78 is 86.8. The molecule has 3 saturated heterocycles. The van der Waals surface area contributed by atoms with E-state index < -0.39 is 165 Å². The number of hydrogen-bond donors (Lipinski definition) is 1. The smallest absolute Gasteiger partial charge is 0.338 e. The van der Waals surface area contributed by atoms with Crippen molar-refractivity contribution in [2.24, 2.45) is 5.92 Å². The van der Waals surface area contributed by atoms with E-state index in [1.165, 1.54) is 97.1 Å². The van der Waals surface area contributed by atoms with E-state index in [-0.39, 0.29) is 38.9 Å². The maximum absolute atomic E-state index is 14.5. The topological polar surface area (TPSA) is 303 Å². The number of aliphatic hydroxyl groups is 1. The van der Waals surface area contributed by atoms with E-state index in [2.05, 4.69) is 0 Å². The zero-order chi connectivity index (χ0) is 67.7. The predicted molar refractivity (Wildman–Crippen MR) is 331 cm³/mol. The molecule has 24 heteroatoms. The number of aliphatic hydroxyl groups excluding tert-OH is 1. The lowest BCUT2D eigenvalue weighted by Gasteiger charge is -2.48. The minimum Gasteiger partial charge on any atom is -0.459 e. The molecule has 0 spiro atoms.